The van der Waals surface area contributed by atoms with E-state index in [0.29, 0.717) is 18.0 Å². The van der Waals surface area contributed by atoms with Crippen LogP contribution >= 0.6 is 27.7 Å². The molecule has 23 heavy (non-hydrogen) atoms. The number of hydrogen-bond donors (Lipinski definition) is 0. The van der Waals surface area contributed by atoms with Crippen LogP contribution in [0.4, 0.5) is 4.79 Å². The number of likely N-dealkylation sites (N-methyl/N-ethyl adjacent to an activating group) is 1. The van der Waals surface area contributed by atoms with Crippen LogP contribution in [0.1, 0.15) is 19.4 Å². The minimum absolute atomic E-state index is 0.204. The Hall–Kier alpha value is -1.60. The van der Waals surface area contributed by atoms with Crippen molar-refractivity contribution in [3.05, 3.63) is 39.2 Å². The van der Waals surface area contributed by atoms with Gasteiger partial charge < -0.3 is 4.90 Å². The van der Waals surface area contributed by atoms with Gasteiger partial charge in [-0.05, 0) is 49.4 Å². The van der Waals surface area contributed by atoms with E-state index in [-0.39, 0.29) is 12.5 Å². The van der Waals surface area contributed by atoms with Gasteiger partial charge in [0.15, 0.2) is 0 Å². The van der Waals surface area contributed by atoms with Crippen molar-refractivity contribution in [2.75, 3.05) is 19.6 Å². The average molecular weight is 397 g/mol. The Kier molecular flexibility index (Phi) is 6.01. The number of hydrogen-bond acceptors (Lipinski definition) is 4. The van der Waals surface area contributed by atoms with Crippen LogP contribution in [-0.2, 0) is 9.59 Å². The minimum Gasteiger partial charge on any atom is -0.342 e. The Balaban J connectivity index is 2.13. The maximum atomic E-state index is 12.4. The predicted octanol–water partition coefficient (Wildman–Crippen LogP) is 3.35. The molecule has 1 aromatic carbocycles. The fourth-order valence-electron chi connectivity index (χ4n) is 2.16. The van der Waals surface area contributed by atoms with Crippen LogP contribution < -0.4 is 0 Å². The van der Waals surface area contributed by atoms with E-state index >= 15 is 0 Å². The molecule has 0 spiro atoms. The highest BCUT2D eigenvalue weighted by atomic mass is 79.9. The molecule has 122 valence electrons. The summed E-state index contributed by atoms with van der Waals surface area (Å²) in [5.41, 5.74) is 0.828. The lowest BCUT2D eigenvalue weighted by Gasteiger charge is -2.21. The molecular formula is C16H17BrN2O3S. The summed E-state index contributed by atoms with van der Waals surface area (Å²) in [4.78, 5) is 39.4. The van der Waals surface area contributed by atoms with Crippen LogP contribution in [0.25, 0.3) is 6.08 Å². The molecule has 3 amide bonds. The van der Waals surface area contributed by atoms with Crippen LogP contribution in [0.3, 0.4) is 0 Å². The van der Waals surface area contributed by atoms with Gasteiger partial charge >= 0.3 is 0 Å². The van der Waals surface area contributed by atoms with Gasteiger partial charge in [0.25, 0.3) is 11.1 Å². The number of nitrogens with zero attached hydrogens (tertiary/aromatic N) is 2. The summed E-state index contributed by atoms with van der Waals surface area (Å²) in [5, 5.41) is -0.404. The van der Waals surface area contributed by atoms with Gasteiger partial charge in [-0.3, -0.25) is 19.3 Å². The third-order valence-corrected chi connectivity index (χ3v) is 4.89. The molecule has 0 bridgehead atoms. The van der Waals surface area contributed by atoms with Crippen molar-refractivity contribution >= 4 is 50.8 Å². The quantitative estimate of drug-likeness (QED) is 0.715. The Labute approximate surface area is 147 Å². The average Bonchev–Trinajstić information content (AvgIpc) is 2.78. The van der Waals surface area contributed by atoms with Crippen LogP contribution in [0.2, 0.25) is 0 Å². The van der Waals surface area contributed by atoms with Crippen molar-refractivity contribution in [3.8, 4) is 0 Å². The molecule has 1 saturated heterocycles. The first kappa shape index (κ1) is 17.7. The molecule has 5 nitrogen and oxygen atoms in total. The van der Waals surface area contributed by atoms with Gasteiger partial charge in [0, 0.05) is 17.6 Å². The fraction of sp³-hybridized carbons (Fsp3) is 0.312. The molecule has 1 aliphatic rings. The molecule has 2 rings (SSSR count). The zero-order valence-electron chi connectivity index (χ0n) is 12.9. The van der Waals surface area contributed by atoms with Gasteiger partial charge in [-0.2, -0.15) is 0 Å². The van der Waals surface area contributed by atoms with Crippen molar-refractivity contribution in [1.82, 2.24) is 9.80 Å². The normalized spacial score (nSPS) is 16.3. The smallest absolute Gasteiger partial charge is 0.294 e. The van der Waals surface area contributed by atoms with Crippen molar-refractivity contribution in [2.24, 2.45) is 0 Å². The van der Waals surface area contributed by atoms with E-state index in [2.05, 4.69) is 15.9 Å². The Bertz CT molecular complexity index is 654. The molecule has 0 aliphatic carbocycles. The van der Waals surface area contributed by atoms with Crippen molar-refractivity contribution < 1.29 is 14.4 Å². The third-order valence-electron chi connectivity index (χ3n) is 3.45. The van der Waals surface area contributed by atoms with E-state index in [1.807, 2.05) is 38.1 Å². The molecule has 0 aromatic heterocycles. The summed E-state index contributed by atoms with van der Waals surface area (Å²) in [5.74, 6) is -0.634. The molecule has 0 radical (unpaired) electrons. The number of rotatable bonds is 5. The lowest BCUT2D eigenvalue weighted by atomic mass is 10.2. The number of imide groups is 1. The molecule has 1 aliphatic heterocycles. The maximum absolute atomic E-state index is 12.4. The topological polar surface area (TPSA) is 57.7 Å². The Morgan fingerprint density at radius 3 is 2.39 bits per heavy atom. The standard InChI is InChI=1S/C16H17BrN2O3S/c1-3-18(4-2)14(20)10-19-15(21)13(23-16(19)22)9-11-5-7-12(17)8-6-11/h5-9H,3-4,10H2,1-2H3/b13-9+. The summed E-state index contributed by atoms with van der Waals surface area (Å²) in [6, 6.07) is 7.41. The fourth-order valence-corrected chi connectivity index (χ4v) is 3.26. The lowest BCUT2D eigenvalue weighted by Crippen LogP contribution is -2.41. The van der Waals surface area contributed by atoms with Gasteiger partial charge in [0.1, 0.15) is 6.54 Å². The van der Waals surface area contributed by atoms with Gasteiger partial charge in [-0.15, -0.1) is 0 Å². The summed E-state index contributed by atoms with van der Waals surface area (Å²) >= 11 is 4.21. The van der Waals surface area contributed by atoms with Gasteiger partial charge in [-0.25, -0.2) is 0 Å². The summed E-state index contributed by atoms with van der Waals surface area (Å²) in [7, 11) is 0. The Morgan fingerprint density at radius 2 is 1.83 bits per heavy atom. The van der Waals surface area contributed by atoms with Crippen LogP contribution in [0, 0.1) is 0 Å². The van der Waals surface area contributed by atoms with Crippen LogP contribution in [0.15, 0.2) is 33.6 Å². The van der Waals surface area contributed by atoms with Crippen molar-refractivity contribution in [1.29, 1.82) is 0 Å². The maximum Gasteiger partial charge on any atom is 0.294 e. The molecule has 0 unspecified atom stereocenters. The molecular weight excluding hydrogens is 380 g/mol. The number of carbonyl (C=O) groups excluding carboxylic acids is 3. The number of carbonyl (C=O) groups is 3. The molecule has 1 fully saturated rings. The second kappa shape index (κ2) is 7.79. The van der Waals surface area contributed by atoms with Gasteiger partial charge in [-0.1, -0.05) is 28.1 Å². The zero-order valence-corrected chi connectivity index (χ0v) is 15.3. The number of halogens is 1. The highest BCUT2D eigenvalue weighted by Crippen LogP contribution is 2.32. The highest BCUT2D eigenvalue weighted by Gasteiger charge is 2.36. The minimum atomic E-state index is -0.413. The monoisotopic (exact) mass is 396 g/mol. The summed E-state index contributed by atoms with van der Waals surface area (Å²) in [6.07, 6.45) is 1.67. The van der Waals surface area contributed by atoms with Crippen molar-refractivity contribution in [2.45, 2.75) is 13.8 Å². The first-order valence-corrected chi connectivity index (χ1v) is 8.86. The third kappa shape index (κ3) is 4.23. The molecule has 7 heteroatoms. The van der Waals surface area contributed by atoms with Gasteiger partial charge in [0.2, 0.25) is 5.91 Å². The largest absolute Gasteiger partial charge is 0.342 e. The first-order valence-electron chi connectivity index (χ1n) is 7.25. The summed E-state index contributed by atoms with van der Waals surface area (Å²) in [6.45, 7) is 4.63. The van der Waals surface area contributed by atoms with E-state index in [4.69, 9.17) is 0 Å². The highest BCUT2D eigenvalue weighted by molar-refractivity contribution is 9.10. The van der Waals surface area contributed by atoms with E-state index < -0.39 is 11.1 Å². The molecule has 0 saturated carbocycles. The van der Waals surface area contributed by atoms with Crippen molar-refractivity contribution in [3.63, 3.8) is 0 Å². The van der Waals surface area contributed by atoms with E-state index in [0.717, 1.165) is 26.7 Å². The number of amides is 3. The van der Waals surface area contributed by atoms with E-state index in [9.17, 15) is 14.4 Å². The van der Waals surface area contributed by atoms with Crippen LogP contribution in [-0.4, -0.2) is 46.5 Å². The second-order valence-corrected chi connectivity index (χ2v) is 6.79. The number of thioether (sulfide) groups is 1. The molecule has 0 atom stereocenters. The molecule has 1 aromatic rings. The molecule has 0 N–H and O–H groups in total. The SMILES string of the molecule is CCN(CC)C(=O)CN1C(=O)S/C(=C/c2ccc(Br)cc2)C1=O. The predicted molar refractivity (Wildman–Crippen MR) is 94.7 cm³/mol. The lowest BCUT2D eigenvalue weighted by molar-refractivity contribution is -0.135. The zero-order chi connectivity index (χ0) is 17.0. The van der Waals surface area contributed by atoms with Crippen LogP contribution in [0.5, 0.6) is 0 Å². The number of benzene rings is 1. The molecule has 1 heterocycles. The second-order valence-electron chi connectivity index (χ2n) is 4.89. The van der Waals surface area contributed by atoms with E-state index in [1.165, 1.54) is 0 Å². The summed E-state index contributed by atoms with van der Waals surface area (Å²) < 4.78 is 0.938. The Morgan fingerprint density at radius 1 is 1.22 bits per heavy atom. The van der Waals surface area contributed by atoms with E-state index in [1.54, 1.807) is 11.0 Å². The van der Waals surface area contributed by atoms with Gasteiger partial charge in [0.05, 0.1) is 4.91 Å². The first-order chi connectivity index (χ1) is 11.0.